The zero-order valence-electron chi connectivity index (χ0n) is 6.02. The molecule has 2 rings (SSSR count). The van der Waals surface area contributed by atoms with Crippen molar-refractivity contribution in [3.8, 4) is 0 Å². The van der Waals surface area contributed by atoms with Crippen molar-refractivity contribution in [2.45, 2.75) is 25.7 Å². The smallest absolute Gasteiger partial charge is 0.328 e. The summed E-state index contributed by atoms with van der Waals surface area (Å²) in [6, 6.07) is 0. The fraction of sp³-hybridized carbons (Fsp3) is 0.625. The molecule has 2 aliphatic rings. The minimum atomic E-state index is 0.822. The largest absolute Gasteiger partial charge is 0.445 e. The highest BCUT2D eigenvalue weighted by atomic mass is 16.5. The molecule has 2 heteroatoms. The standard InChI is InChI=1S/C8H11NO/c1-2-4-8-7(3-1)5-10-6-9-8/h6H,1-5H2/p+1. The summed E-state index contributed by atoms with van der Waals surface area (Å²) in [4.78, 5) is 3.15. The Bertz CT molecular complexity index is 193. The van der Waals surface area contributed by atoms with Gasteiger partial charge in [-0.15, -0.1) is 0 Å². The van der Waals surface area contributed by atoms with Gasteiger partial charge in [0.2, 0.25) is 0 Å². The Morgan fingerprint density at radius 1 is 1.30 bits per heavy atom. The lowest BCUT2D eigenvalue weighted by Gasteiger charge is -2.14. The molecule has 1 N–H and O–H groups in total. The normalized spacial score (nSPS) is 24.0. The topological polar surface area (TPSA) is 23.2 Å². The average molecular weight is 138 g/mol. The Balaban J connectivity index is 2.23. The molecule has 0 fully saturated rings. The first kappa shape index (κ1) is 5.96. The van der Waals surface area contributed by atoms with E-state index < -0.39 is 0 Å². The van der Waals surface area contributed by atoms with Crippen LogP contribution in [0.3, 0.4) is 0 Å². The molecule has 1 aliphatic carbocycles. The second-order valence-electron chi connectivity index (χ2n) is 2.86. The molecule has 1 aliphatic heterocycles. The van der Waals surface area contributed by atoms with Gasteiger partial charge in [-0.3, -0.25) is 0 Å². The van der Waals surface area contributed by atoms with Crippen LogP contribution in [0.15, 0.2) is 11.3 Å². The first-order valence-electron chi connectivity index (χ1n) is 3.87. The molecule has 0 radical (unpaired) electrons. The molecule has 10 heavy (non-hydrogen) atoms. The molecule has 0 amide bonds. The summed E-state index contributed by atoms with van der Waals surface area (Å²) in [6.45, 7) is 0.822. The van der Waals surface area contributed by atoms with Crippen LogP contribution in [-0.2, 0) is 4.74 Å². The van der Waals surface area contributed by atoms with Crippen LogP contribution in [0.1, 0.15) is 25.7 Å². The predicted octanol–water partition coefficient (Wildman–Crippen LogP) is -0.0464. The van der Waals surface area contributed by atoms with Gasteiger partial charge in [-0.2, -0.15) is 4.99 Å². The van der Waals surface area contributed by atoms with E-state index in [0.29, 0.717) is 0 Å². The lowest BCUT2D eigenvalue weighted by Crippen LogP contribution is -2.69. The Hall–Kier alpha value is -0.790. The van der Waals surface area contributed by atoms with E-state index in [1.165, 1.54) is 37.0 Å². The van der Waals surface area contributed by atoms with E-state index in [0.717, 1.165) is 6.61 Å². The number of hydrogen-bond acceptors (Lipinski definition) is 1. The first-order chi connectivity index (χ1) is 4.97. The fourth-order valence-corrected chi connectivity index (χ4v) is 1.56. The van der Waals surface area contributed by atoms with Gasteiger partial charge in [0.05, 0.1) is 0 Å². The molecule has 0 aromatic rings. The van der Waals surface area contributed by atoms with Gasteiger partial charge in [-0.25, -0.2) is 0 Å². The van der Waals surface area contributed by atoms with Crippen LogP contribution in [0, 0.1) is 0 Å². The number of rotatable bonds is 0. The lowest BCUT2D eigenvalue weighted by atomic mass is 9.97. The highest BCUT2D eigenvalue weighted by molar-refractivity contribution is 5.41. The number of nitrogens with one attached hydrogen (secondary N) is 1. The molecule has 0 unspecified atom stereocenters. The Kier molecular flexibility index (Phi) is 1.46. The molecular weight excluding hydrogens is 126 g/mol. The number of allylic oxidation sites excluding steroid dienone is 1. The second-order valence-corrected chi connectivity index (χ2v) is 2.86. The number of hydrogen-bond donors (Lipinski definition) is 1. The van der Waals surface area contributed by atoms with E-state index in [4.69, 9.17) is 4.74 Å². The summed E-state index contributed by atoms with van der Waals surface area (Å²) in [6.07, 6.45) is 6.82. The minimum absolute atomic E-state index is 0.822. The Labute approximate surface area is 60.6 Å². The Morgan fingerprint density at radius 2 is 2.20 bits per heavy atom. The Morgan fingerprint density at radius 3 is 3.10 bits per heavy atom. The molecule has 0 aromatic carbocycles. The van der Waals surface area contributed by atoms with Gasteiger partial charge in [0.15, 0.2) is 5.70 Å². The molecule has 0 saturated heterocycles. The van der Waals surface area contributed by atoms with Crippen molar-refractivity contribution in [3.63, 3.8) is 0 Å². The van der Waals surface area contributed by atoms with Crippen molar-refractivity contribution in [3.05, 3.63) is 11.3 Å². The van der Waals surface area contributed by atoms with Crippen molar-refractivity contribution in [1.82, 2.24) is 0 Å². The van der Waals surface area contributed by atoms with Gasteiger partial charge in [0, 0.05) is 12.0 Å². The highest BCUT2D eigenvalue weighted by Crippen LogP contribution is 2.20. The summed E-state index contributed by atoms with van der Waals surface area (Å²) in [5, 5.41) is 0. The molecule has 0 saturated carbocycles. The molecule has 0 spiro atoms. The molecular formula is C8H12NO+. The molecule has 2 nitrogen and oxygen atoms in total. The molecule has 0 aromatic heterocycles. The monoisotopic (exact) mass is 138 g/mol. The maximum absolute atomic E-state index is 5.14. The van der Waals surface area contributed by atoms with Crippen molar-refractivity contribution < 1.29 is 9.73 Å². The van der Waals surface area contributed by atoms with E-state index in [1.54, 1.807) is 6.40 Å². The van der Waals surface area contributed by atoms with Crippen LogP contribution in [-0.4, -0.2) is 13.0 Å². The summed E-state index contributed by atoms with van der Waals surface area (Å²) < 4.78 is 5.14. The lowest BCUT2D eigenvalue weighted by molar-refractivity contribution is -0.413. The van der Waals surface area contributed by atoms with Crippen LogP contribution in [0.5, 0.6) is 0 Å². The van der Waals surface area contributed by atoms with Crippen LogP contribution >= 0.6 is 0 Å². The maximum Gasteiger partial charge on any atom is 0.328 e. The minimum Gasteiger partial charge on any atom is -0.445 e. The first-order valence-corrected chi connectivity index (χ1v) is 3.87. The number of ether oxygens (including phenoxy) is 1. The summed E-state index contributed by atoms with van der Waals surface area (Å²) >= 11 is 0. The second kappa shape index (κ2) is 2.45. The van der Waals surface area contributed by atoms with Gasteiger partial charge >= 0.3 is 6.40 Å². The average Bonchev–Trinajstić information content (AvgIpc) is 2.05. The molecule has 0 atom stereocenters. The van der Waals surface area contributed by atoms with E-state index in [-0.39, 0.29) is 0 Å². The summed E-state index contributed by atoms with van der Waals surface area (Å²) in [5.74, 6) is 0. The SMILES string of the molecule is C1=[NH+]C2=C(CCCC2)CO1. The fourth-order valence-electron chi connectivity index (χ4n) is 1.56. The van der Waals surface area contributed by atoms with E-state index in [2.05, 4.69) is 4.99 Å². The third-order valence-electron chi connectivity index (χ3n) is 2.16. The van der Waals surface area contributed by atoms with Crippen LogP contribution in [0.25, 0.3) is 0 Å². The van der Waals surface area contributed by atoms with Crippen molar-refractivity contribution in [2.75, 3.05) is 6.61 Å². The van der Waals surface area contributed by atoms with E-state index in [9.17, 15) is 0 Å². The van der Waals surface area contributed by atoms with Gasteiger partial charge in [-0.05, 0) is 19.3 Å². The third kappa shape index (κ3) is 0.939. The van der Waals surface area contributed by atoms with Crippen LogP contribution in [0.2, 0.25) is 0 Å². The highest BCUT2D eigenvalue weighted by Gasteiger charge is 2.19. The maximum atomic E-state index is 5.14. The quantitative estimate of drug-likeness (QED) is 0.498. The molecule has 1 heterocycles. The van der Waals surface area contributed by atoms with Crippen molar-refractivity contribution >= 4 is 6.40 Å². The van der Waals surface area contributed by atoms with E-state index in [1.807, 2.05) is 0 Å². The third-order valence-corrected chi connectivity index (χ3v) is 2.16. The van der Waals surface area contributed by atoms with Crippen molar-refractivity contribution in [2.24, 2.45) is 0 Å². The van der Waals surface area contributed by atoms with Crippen molar-refractivity contribution in [1.29, 1.82) is 0 Å². The summed E-state index contributed by atoms with van der Waals surface area (Å²) in [7, 11) is 0. The van der Waals surface area contributed by atoms with Gasteiger partial charge < -0.3 is 4.74 Å². The molecule has 54 valence electrons. The van der Waals surface area contributed by atoms with Crippen LogP contribution in [0.4, 0.5) is 0 Å². The molecule has 0 bridgehead atoms. The van der Waals surface area contributed by atoms with Gasteiger partial charge in [0.25, 0.3) is 0 Å². The predicted molar refractivity (Wildman–Crippen MR) is 38.5 cm³/mol. The van der Waals surface area contributed by atoms with E-state index >= 15 is 0 Å². The zero-order chi connectivity index (χ0) is 6.81. The summed E-state index contributed by atoms with van der Waals surface area (Å²) in [5.41, 5.74) is 2.89. The van der Waals surface area contributed by atoms with Gasteiger partial charge in [-0.1, -0.05) is 0 Å². The van der Waals surface area contributed by atoms with Crippen LogP contribution < -0.4 is 4.99 Å². The van der Waals surface area contributed by atoms with Gasteiger partial charge in [0.1, 0.15) is 6.61 Å². The zero-order valence-corrected chi connectivity index (χ0v) is 6.02.